The zero-order valence-corrected chi connectivity index (χ0v) is 27.3. The standard InChI is InChI=1S/C31H39ClN6O4.C2H6/c1-20(2)42-31(40)38(14-11-33)13-6-8-24-23-10-9-22(32)16-25(23)26(15-21-7-5-12-35-29(21)24)30(36-28(39)18-41-4)27-17-34-19-37(27)3;1-2/h5,7,9-10,12,15-17,19-20,24,30H,6,8,11,13-14,18,33H2,1-4H3,(H,36,39);1-2H3/t24-,30+;/m0./s1. The van der Waals surface area contributed by atoms with Crippen molar-refractivity contribution in [3.63, 3.8) is 0 Å². The molecule has 0 saturated carbocycles. The molecular formula is C33H45ClN6O4. The molecule has 2 amide bonds. The van der Waals surface area contributed by atoms with Gasteiger partial charge in [-0.25, -0.2) is 9.78 Å². The summed E-state index contributed by atoms with van der Waals surface area (Å²) in [4.78, 5) is 36.3. The number of ether oxygens (including phenoxy) is 2. The second kappa shape index (κ2) is 16.9. The number of carbonyl (C=O) groups is 2. The van der Waals surface area contributed by atoms with Crippen LogP contribution in [0.25, 0.3) is 11.6 Å². The van der Waals surface area contributed by atoms with Crippen LogP contribution in [0.2, 0.25) is 5.02 Å². The van der Waals surface area contributed by atoms with E-state index in [9.17, 15) is 9.59 Å². The molecule has 0 radical (unpaired) electrons. The van der Waals surface area contributed by atoms with Crippen molar-refractivity contribution in [3.8, 4) is 0 Å². The van der Waals surface area contributed by atoms with Crippen LogP contribution in [-0.4, -0.2) is 70.9 Å². The molecule has 1 aliphatic rings. The van der Waals surface area contributed by atoms with Crippen LogP contribution in [0.1, 0.15) is 80.6 Å². The van der Waals surface area contributed by atoms with Crippen LogP contribution < -0.4 is 11.1 Å². The van der Waals surface area contributed by atoms with Crippen LogP contribution in [0.5, 0.6) is 0 Å². The predicted octanol–water partition coefficient (Wildman–Crippen LogP) is 5.57. The summed E-state index contributed by atoms with van der Waals surface area (Å²) in [6.07, 6.45) is 8.14. The first-order valence-corrected chi connectivity index (χ1v) is 15.5. The van der Waals surface area contributed by atoms with Gasteiger partial charge in [0.1, 0.15) is 6.61 Å². The van der Waals surface area contributed by atoms with E-state index >= 15 is 0 Å². The number of methoxy groups -OCH3 is 1. The van der Waals surface area contributed by atoms with E-state index in [0.717, 1.165) is 33.7 Å². The summed E-state index contributed by atoms with van der Waals surface area (Å²) in [6.45, 7) is 8.83. The highest BCUT2D eigenvalue weighted by molar-refractivity contribution is 6.30. The Morgan fingerprint density at radius 2 is 1.98 bits per heavy atom. The molecule has 11 heteroatoms. The highest BCUT2D eigenvalue weighted by Gasteiger charge is 2.31. The Hall–Kier alpha value is -3.73. The largest absolute Gasteiger partial charge is 0.447 e. The first-order valence-electron chi connectivity index (χ1n) is 15.1. The van der Waals surface area contributed by atoms with Crippen molar-refractivity contribution in [1.29, 1.82) is 0 Å². The van der Waals surface area contributed by atoms with Crippen molar-refractivity contribution >= 4 is 35.3 Å². The smallest absolute Gasteiger partial charge is 0.410 e. The quantitative estimate of drug-likeness (QED) is 0.270. The average Bonchev–Trinajstić information content (AvgIpc) is 3.37. The molecular weight excluding hydrogens is 580 g/mol. The number of pyridine rings is 1. The SMILES string of the molecule is CC.COCC(=O)N[C@H](C1=Cc2cccnc2[C@@H](CCCN(CCN)C(=O)OC(C)C)c2ccc(Cl)cc21)c1cncn1C. The Kier molecular flexibility index (Phi) is 13.4. The zero-order chi connectivity index (χ0) is 32.2. The number of nitrogens with one attached hydrogen (secondary N) is 1. The molecule has 1 aliphatic carbocycles. The van der Waals surface area contributed by atoms with Crippen LogP contribution in [0.3, 0.4) is 0 Å². The third-order valence-electron chi connectivity index (χ3n) is 7.17. The topological polar surface area (TPSA) is 125 Å². The van der Waals surface area contributed by atoms with Crippen molar-refractivity contribution in [2.24, 2.45) is 12.8 Å². The van der Waals surface area contributed by atoms with Crippen molar-refractivity contribution < 1.29 is 19.1 Å². The third kappa shape index (κ3) is 8.68. The minimum Gasteiger partial charge on any atom is -0.447 e. The van der Waals surface area contributed by atoms with Gasteiger partial charge in [-0.15, -0.1) is 0 Å². The van der Waals surface area contributed by atoms with Gasteiger partial charge in [-0.2, -0.15) is 0 Å². The predicted molar refractivity (Wildman–Crippen MR) is 174 cm³/mol. The van der Waals surface area contributed by atoms with Gasteiger partial charge < -0.3 is 30.0 Å². The van der Waals surface area contributed by atoms with Gasteiger partial charge in [-0.3, -0.25) is 9.78 Å². The summed E-state index contributed by atoms with van der Waals surface area (Å²) < 4.78 is 12.4. The van der Waals surface area contributed by atoms with Gasteiger partial charge in [-0.1, -0.05) is 37.6 Å². The molecule has 0 spiro atoms. The molecule has 3 aromatic rings. The fraction of sp³-hybridized carbons (Fsp3) is 0.455. The number of rotatable bonds is 12. The summed E-state index contributed by atoms with van der Waals surface area (Å²) in [5, 5.41) is 3.72. The van der Waals surface area contributed by atoms with Crippen LogP contribution >= 0.6 is 11.6 Å². The Morgan fingerprint density at radius 1 is 1.20 bits per heavy atom. The van der Waals surface area contributed by atoms with Gasteiger partial charge in [-0.05, 0) is 73.2 Å². The molecule has 1 aromatic carbocycles. The number of fused-ring (bicyclic) bond motifs is 2. The minimum absolute atomic E-state index is 0.0800. The molecule has 2 heterocycles. The van der Waals surface area contributed by atoms with E-state index in [0.29, 0.717) is 37.5 Å². The van der Waals surface area contributed by atoms with E-state index in [-0.39, 0.29) is 30.6 Å². The number of imidazole rings is 1. The van der Waals surface area contributed by atoms with Crippen molar-refractivity contribution in [3.05, 3.63) is 82.2 Å². The average molecular weight is 625 g/mol. The van der Waals surface area contributed by atoms with Crippen LogP contribution in [0, 0.1) is 0 Å². The first kappa shape index (κ1) is 34.8. The molecule has 0 unspecified atom stereocenters. The molecule has 0 fully saturated rings. The number of amides is 2. The maximum absolute atomic E-state index is 12.9. The fourth-order valence-electron chi connectivity index (χ4n) is 5.35. The number of hydrogen-bond acceptors (Lipinski definition) is 7. The van der Waals surface area contributed by atoms with E-state index in [2.05, 4.69) is 16.4 Å². The van der Waals surface area contributed by atoms with Gasteiger partial charge >= 0.3 is 6.09 Å². The third-order valence-corrected chi connectivity index (χ3v) is 7.41. The molecule has 0 saturated heterocycles. The summed E-state index contributed by atoms with van der Waals surface area (Å²) in [6, 6.07) is 9.25. The number of benzene rings is 1. The monoisotopic (exact) mass is 624 g/mol. The van der Waals surface area contributed by atoms with E-state index < -0.39 is 6.04 Å². The van der Waals surface area contributed by atoms with Crippen LogP contribution in [0.4, 0.5) is 4.79 Å². The number of nitrogens with zero attached hydrogens (tertiary/aromatic N) is 4. The molecule has 238 valence electrons. The highest BCUT2D eigenvalue weighted by atomic mass is 35.5. The Morgan fingerprint density at radius 3 is 2.64 bits per heavy atom. The van der Waals surface area contributed by atoms with Crippen LogP contribution in [-0.2, 0) is 21.3 Å². The van der Waals surface area contributed by atoms with E-state index in [1.807, 2.05) is 69.6 Å². The molecule has 10 nitrogen and oxygen atoms in total. The lowest BCUT2D eigenvalue weighted by Gasteiger charge is -2.26. The van der Waals surface area contributed by atoms with Crippen molar-refractivity contribution in [1.82, 2.24) is 24.8 Å². The van der Waals surface area contributed by atoms with Crippen LogP contribution in [0.15, 0.2) is 49.1 Å². The van der Waals surface area contributed by atoms with Gasteiger partial charge in [0.15, 0.2) is 0 Å². The number of halogens is 1. The highest BCUT2D eigenvalue weighted by Crippen LogP contribution is 2.44. The van der Waals surface area contributed by atoms with E-state index in [4.69, 9.17) is 31.8 Å². The zero-order valence-electron chi connectivity index (χ0n) is 26.5. The Balaban J connectivity index is 0.00000259. The van der Waals surface area contributed by atoms with Gasteiger partial charge in [0.2, 0.25) is 5.91 Å². The number of carbonyl (C=O) groups excluding carboxylic acids is 2. The van der Waals surface area contributed by atoms with Gasteiger partial charge in [0.25, 0.3) is 0 Å². The summed E-state index contributed by atoms with van der Waals surface area (Å²) >= 11 is 6.59. The summed E-state index contributed by atoms with van der Waals surface area (Å²) in [5.41, 5.74) is 11.3. The lowest BCUT2D eigenvalue weighted by Crippen LogP contribution is -2.37. The van der Waals surface area contributed by atoms with Crippen molar-refractivity contribution in [2.75, 3.05) is 33.4 Å². The molecule has 0 aliphatic heterocycles. The molecule has 0 bridgehead atoms. The second-order valence-corrected chi connectivity index (χ2v) is 11.0. The molecule has 2 aromatic heterocycles. The second-order valence-electron chi connectivity index (χ2n) is 10.6. The number of aromatic nitrogens is 3. The number of aryl methyl sites for hydroxylation is 1. The Bertz CT molecular complexity index is 1420. The van der Waals surface area contributed by atoms with E-state index in [1.165, 1.54) is 7.11 Å². The summed E-state index contributed by atoms with van der Waals surface area (Å²) in [7, 11) is 3.38. The maximum Gasteiger partial charge on any atom is 0.410 e. The Labute approximate surface area is 265 Å². The molecule has 44 heavy (non-hydrogen) atoms. The lowest BCUT2D eigenvalue weighted by atomic mass is 9.85. The minimum atomic E-state index is -0.532. The van der Waals surface area contributed by atoms with E-state index in [1.54, 1.807) is 23.6 Å². The van der Waals surface area contributed by atoms with Gasteiger partial charge in [0, 0.05) is 50.9 Å². The molecule has 4 rings (SSSR count). The first-order chi connectivity index (χ1) is 21.2. The number of nitrogens with two attached hydrogens (primary N) is 1. The fourth-order valence-corrected chi connectivity index (χ4v) is 5.52. The lowest BCUT2D eigenvalue weighted by molar-refractivity contribution is -0.125. The molecule has 3 N–H and O–H groups in total. The normalized spacial score (nSPS) is 14.3. The van der Waals surface area contributed by atoms with Crippen molar-refractivity contribution in [2.45, 2.75) is 58.6 Å². The maximum atomic E-state index is 12.9. The number of hydrogen-bond donors (Lipinski definition) is 2. The summed E-state index contributed by atoms with van der Waals surface area (Å²) in [5.74, 6) is -0.349. The van der Waals surface area contributed by atoms with Gasteiger partial charge in [0.05, 0.1) is 36.1 Å². The molecule has 2 atom stereocenters.